The van der Waals surface area contributed by atoms with Crippen molar-refractivity contribution in [3.05, 3.63) is 66.2 Å². The third-order valence-electron chi connectivity index (χ3n) is 4.61. The quantitative estimate of drug-likeness (QED) is 0.783. The van der Waals surface area contributed by atoms with Crippen LogP contribution in [0.15, 0.2) is 60.7 Å². The molecule has 0 unspecified atom stereocenters. The van der Waals surface area contributed by atoms with E-state index in [2.05, 4.69) is 22.3 Å². The first-order valence-corrected chi connectivity index (χ1v) is 9.06. The fourth-order valence-corrected chi connectivity index (χ4v) is 3.08. The van der Waals surface area contributed by atoms with Crippen molar-refractivity contribution in [2.24, 2.45) is 0 Å². The number of ketones is 1. The lowest BCUT2D eigenvalue weighted by atomic mass is 10.1. The highest BCUT2D eigenvalue weighted by Gasteiger charge is 2.22. The number of benzene rings is 2. The smallest absolute Gasteiger partial charge is 0.288 e. The molecule has 6 nitrogen and oxygen atoms in total. The molecular weight excluding hydrogens is 342 g/mol. The number of amides is 2. The topological polar surface area (TPSA) is 69.7 Å². The van der Waals surface area contributed by atoms with Crippen molar-refractivity contribution >= 4 is 23.3 Å². The van der Waals surface area contributed by atoms with Gasteiger partial charge in [-0.05, 0) is 17.7 Å². The summed E-state index contributed by atoms with van der Waals surface area (Å²) in [4.78, 5) is 40.1. The van der Waals surface area contributed by atoms with Crippen molar-refractivity contribution in [1.82, 2.24) is 10.2 Å². The van der Waals surface area contributed by atoms with Crippen LogP contribution in [0.2, 0.25) is 0 Å². The molecule has 2 aromatic rings. The van der Waals surface area contributed by atoms with Gasteiger partial charge in [-0.2, -0.15) is 0 Å². The van der Waals surface area contributed by atoms with E-state index in [1.807, 2.05) is 36.4 Å². The number of para-hydroxylation sites is 1. The van der Waals surface area contributed by atoms with Crippen molar-refractivity contribution in [3.8, 4) is 0 Å². The molecular formula is C21H23N3O3. The average Bonchev–Trinajstić information content (AvgIpc) is 2.73. The van der Waals surface area contributed by atoms with E-state index in [1.54, 1.807) is 17.0 Å². The van der Waals surface area contributed by atoms with Crippen LogP contribution in [0.25, 0.3) is 0 Å². The zero-order valence-corrected chi connectivity index (χ0v) is 15.1. The molecule has 1 heterocycles. The minimum atomic E-state index is -0.713. The molecule has 140 valence electrons. The van der Waals surface area contributed by atoms with Crippen molar-refractivity contribution in [3.63, 3.8) is 0 Å². The normalized spacial score (nSPS) is 13.9. The molecule has 3 rings (SSSR count). The van der Waals surface area contributed by atoms with Gasteiger partial charge >= 0.3 is 0 Å². The van der Waals surface area contributed by atoms with Gasteiger partial charge in [-0.15, -0.1) is 0 Å². The van der Waals surface area contributed by atoms with E-state index in [0.717, 1.165) is 24.3 Å². The Bertz CT molecular complexity index is 785. The lowest BCUT2D eigenvalue weighted by molar-refractivity contribution is -0.139. The molecule has 0 bridgehead atoms. The predicted molar refractivity (Wildman–Crippen MR) is 103 cm³/mol. The lowest BCUT2D eigenvalue weighted by Crippen LogP contribution is -2.51. The highest BCUT2D eigenvalue weighted by Crippen LogP contribution is 2.15. The van der Waals surface area contributed by atoms with Crippen LogP contribution in [0.4, 0.5) is 5.69 Å². The molecule has 0 spiro atoms. The molecule has 6 heteroatoms. The maximum Gasteiger partial charge on any atom is 0.288 e. The first-order valence-electron chi connectivity index (χ1n) is 9.06. The fourth-order valence-electron chi connectivity index (χ4n) is 3.08. The number of piperazine rings is 1. The number of carbonyl (C=O) groups excluding carboxylic acids is 3. The number of carbonyl (C=O) groups is 3. The van der Waals surface area contributed by atoms with E-state index < -0.39 is 11.7 Å². The van der Waals surface area contributed by atoms with Gasteiger partial charge in [-0.1, -0.05) is 48.5 Å². The van der Waals surface area contributed by atoms with Crippen LogP contribution in [0.1, 0.15) is 5.56 Å². The number of hydrogen-bond acceptors (Lipinski definition) is 4. The van der Waals surface area contributed by atoms with Gasteiger partial charge in [0.15, 0.2) is 0 Å². The first-order chi connectivity index (χ1) is 13.1. The monoisotopic (exact) mass is 365 g/mol. The Morgan fingerprint density at radius 1 is 0.815 bits per heavy atom. The van der Waals surface area contributed by atoms with Crippen LogP contribution in [0, 0.1) is 0 Å². The number of nitrogens with one attached hydrogen (secondary N) is 1. The summed E-state index contributed by atoms with van der Waals surface area (Å²) in [6.45, 7) is 2.54. The molecule has 2 amide bonds. The van der Waals surface area contributed by atoms with E-state index in [4.69, 9.17) is 0 Å². The third kappa shape index (κ3) is 5.17. The van der Waals surface area contributed by atoms with E-state index in [0.29, 0.717) is 13.1 Å². The highest BCUT2D eigenvalue weighted by molar-refractivity contribution is 6.36. The van der Waals surface area contributed by atoms with Gasteiger partial charge in [0.1, 0.15) is 0 Å². The second-order valence-electron chi connectivity index (χ2n) is 6.47. The maximum atomic E-state index is 12.3. The van der Waals surface area contributed by atoms with Crippen molar-refractivity contribution < 1.29 is 14.4 Å². The largest absolute Gasteiger partial charge is 0.368 e. The van der Waals surface area contributed by atoms with Gasteiger partial charge in [0.25, 0.3) is 5.91 Å². The van der Waals surface area contributed by atoms with Crippen molar-refractivity contribution in [2.45, 2.75) is 6.42 Å². The molecule has 0 aliphatic carbocycles. The van der Waals surface area contributed by atoms with Crippen LogP contribution in [0.5, 0.6) is 0 Å². The van der Waals surface area contributed by atoms with Crippen molar-refractivity contribution in [1.29, 1.82) is 0 Å². The predicted octanol–water partition coefficient (Wildman–Crippen LogP) is 1.26. The molecule has 1 aliphatic heterocycles. The molecule has 1 aliphatic rings. The van der Waals surface area contributed by atoms with E-state index in [1.165, 1.54) is 0 Å². The number of anilines is 1. The lowest BCUT2D eigenvalue weighted by Gasteiger charge is -2.36. The summed E-state index contributed by atoms with van der Waals surface area (Å²) in [5, 5.41) is 2.45. The van der Waals surface area contributed by atoms with Gasteiger partial charge < -0.3 is 15.1 Å². The van der Waals surface area contributed by atoms with Crippen LogP contribution < -0.4 is 10.2 Å². The van der Waals surface area contributed by atoms with Gasteiger partial charge in [-0.3, -0.25) is 14.4 Å². The summed E-state index contributed by atoms with van der Waals surface area (Å²) >= 11 is 0. The first kappa shape index (κ1) is 18.6. The van der Waals surface area contributed by atoms with Gasteiger partial charge in [0.05, 0.1) is 6.54 Å². The standard InChI is InChI=1S/C21H23N3O3/c25-19(15-17-7-3-1-4-8-17)21(27)22-16-20(26)24-13-11-23(12-14-24)18-9-5-2-6-10-18/h1-10H,11-16H2,(H,22,27). The SMILES string of the molecule is O=C(Cc1ccccc1)C(=O)NCC(=O)N1CCN(c2ccccc2)CC1. The van der Waals surface area contributed by atoms with Crippen LogP contribution >= 0.6 is 0 Å². The summed E-state index contributed by atoms with van der Waals surface area (Å²) in [7, 11) is 0. The molecule has 0 aromatic heterocycles. The highest BCUT2D eigenvalue weighted by atomic mass is 16.2. The van der Waals surface area contributed by atoms with Crippen LogP contribution in [-0.2, 0) is 20.8 Å². The minimum Gasteiger partial charge on any atom is -0.368 e. The molecule has 1 N–H and O–H groups in total. The molecule has 2 aromatic carbocycles. The second-order valence-corrected chi connectivity index (χ2v) is 6.47. The van der Waals surface area contributed by atoms with Gasteiger partial charge in [-0.25, -0.2) is 0 Å². The Labute approximate surface area is 158 Å². The van der Waals surface area contributed by atoms with E-state index in [9.17, 15) is 14.4 Å². The molecule has 0 radical (unpaired) electrons. The summed E-state index contributed by atoms with van der Waals surface area (Å²) < 4.78 is 0. The molecule has 1 saturated heterocycles. The average molecular weight is 365 g/mol. The molecule has 1 fully saturated rings. The van der Waals surface area contributed by atoms with Gasteiger partial charge in [0, 0.05) is 38.3 Å². The fraction of sp³-hybridized carbons (Fsp3) is 0.286. The summed E-state index contributed by atoms with van der Waals surface area (Å²) in [5.41, 5.74) is 1.92. The molecule has 0 atom stereocenters. The van der Waals surface area contributed by atoms with Crippen LogP contribution in [0.3, 0.4) is 0 Å². The number of nitrogens with zero attached hydrogens (tertiary/aromatic N) is 2. The third-order valence-corrected chi connectivity index (χ3v) is 4.61. The Balaban J connectivity index is 1.42. The Kier molecular flexibility index (Phi) is 6.20. The zero-order valence-electron chi connectivity index (χ0n) is 15.1. The molecule has 27 heavy (non-hydrogen) atoms. The number of Topliss-reactive ketones (excluding diaryl/α,β-unsaturated/α-hetero) is 1. The van der Waals surface area contributed by atoms with Crippen LogP contribution in [-0.4, -0.2) is 55.2 Å². The Hall–Kier alpha value is -3.15. The van der Waals surface area contributed by atoms with E-state index in [-0.39, 0.29) is 18.9 Å². The van der Waals surface area contributed by atoms with E-state index >= 15 is 0 Å². The Morgan fingerprint density at radius 2 is 1.41 bits per heavy atom. The zero-order chi connectivity index (χ0) is 19.1. The molecule has 0 saturated carbocycles. The maximum absolute atomic E-state index is 12.3. The summed E-state index contributed by atoms with van der Waals surface area (Å²) in [5.74, 6) is -1.42. The van der Waals surface area contributed by atoms with Crippen molar-refractivity contribution in [2.75, 3.05) is 37.6 Å². The summed E-state index contributed by atoms with van der Waals surface area (Å²) in [6.07, 6.45) is 0.0383. The number of rotatable bonds is 6. The second kappa shape index (κ2) is 8.98. The van der Waals surface area contributed by atoms with Gasteiger partial charge in [0.2, 0.25) is 11.7 Å². The Morgan fingerprint density at radius 3 is 2.04 bits per heavy atom. The number of hydrogen-bond donors (Lipinski definition) is 1. The summed E-state index contributed by atoms with van der Waals surface area (Å²) in [6, 6.07) is 19.1. The minimum absolute atomic E-state index is 0.0383.